The van der Waals surface area contributed by atoms with Gasteiger partial charge in [0, 0.05) is 28.1 Å². The first-order chi connectivity index (χ1) is 7.61. The molecule has 0 aliphatic carbocycles. The van der Waals surface area contributed by atoms with E-state index in [0.717, 1.165) is 14.8 Å². The number of rotatable bonds is 1. The largest absolute Gasteiger partial charge is 0.311 e. The number of hydrogen-bond donors (Lipinski definition) is 0. The molecule has 1 fully saturated rings. The second-order valence-corrected chi connectivity index (χ2v) is 5.25. The highest BCUT2D eigenvalue weighted by molar-refractivity contribution is 14.1. The Morgan fingerprint density at radius 1 is 1.56 bits per heavy atom. The van der Waals surface area contributed by atoms with Gasteiger partial charge in [-0.05, 0) is 47.2 Å². The zero-order chi connectivity index (χ0) is 11.7. The first-order valence-electron chi connectivity index (χ1n) is 5.14. The summed E-state index contributed by atoms with van der Waals surface area (Å²) in [5.41, 5.74) is 2.11. The van der Waals surface area contributed by atoms with Crippen LogP contribution in [0.1, 0.15) is 12.0 Å². The molecule has 2 nitrogen and oxygen atoms in total. The Morgan fingerprint density at radius 3 is 2.94 bits per heavy atom. The molecule has 1 heterocycles. The van der Waals surface area contributed by atoms with Crippen LogP contribution in [0.15, 0.2) is 18.2 Å². The highest BCUT2D eigenvalue weighted by atomic mass is 127. The summed E-state index contributed by atoms with van der Waals surface area (Å²) in [6.07, 6.45) is 5.85. The zero-order valence-electron chi connectivity index (χ0n) is 9.03. The fraction of sp³-hybridized carbons (Fsp3) is 0.308. The predicted molar refractivity (Wildman–Crippen MR) is 73.2 cm³/mol. The number of amides is 1. The quantitative estimate of drug-likeness (QED) is 0.574. The van der Waals surface area contributed by atoms with E-state index in [-0.39, 0.29) is 11.8 Å². The molecule has 1 atom stereocenters. The summed E-state index contributed by atoms with van der Waals surface area (Å²) in [7, 11) is 0. The van der Waals surface area contributed by atoms with Gasteiger partial charge in [0.1, 0.15) is 0 Å². The van der Waals surface area contributed by atoms with Gasteiger partial charge >= 0.3 is 0 Å². The summed E-state index contributed by atoms with van der Waals surface area (Å²) in [5, 5.41) is 0. The molecule has 2 rings (SSSR count). The molecule has 1 amide bonds. The lowest BCUT2D eigenvalue weighted by atomic mass is 10.1. The molecule has 16 heavy (non-hydrogen) atoms. The van der Waals surface area contributed by atoms with Crippen molar-refractivity contribution in [3.8, 4) is 12.3 Å². The molecule has 1 aromatic carbocycles. The Bertz CT molecular complexity index is 475. The predicted octanol–water partition coefficient (Wildman–Crippen LogP) is 2.59. The van der Waals surface area contributed by atoms with Crippen molar-refractivity contribution in [2.45, 2.75) is 13.3 Å². The van der Waals surface area contributed by atoms with Crippen molar-refractivity contribution in [1.82, 2.24) is 0 Å². The molecule has 0 radical (unpaired) electrons. The average molecular weight is 325 g/mol. The molecule has 0 aromatic heterocycles. The summed E-state index contributed by atoms with van der Waals surface area (Å²) in [5.74, 6) is 2.86. The Balaban J connectivity index is 2.35. The van der Waals surface area contributed by atoms with Crippen LogP contribution in [0.5, 0.6) is 0 Å². The maximum atomic E-state index is 11.8. The van der Waals surface area contributed by atoms with E-state index in [2.05, 4.69) is 28.5 Å². The fourth-order valence-electron chi connectivity index (χ4n) is 1.93. The Hall–Kier alpha value is -1.02. The van der Waals surface area contributed by atoms with Crippen LogP contribution in [0.3, 0.4) is 0 Å². The van der Waals surface area contributed by atoms with Gasteiger partial charge in [-0.25, -0.2) is 0 Å². The minimum atomic E-state index is 0.0600. The van der Waals surface area contributed by atoms with Crippen LogP contribution in [0, 0.1) is 28.8 Å². The van der Waals surface area contributed by atoms with E-state index in [4.69, 9.17) is 6.42 Å². The summed E-state index contributed by atoms with van der Waals surface area (Å²) in [6, 6.07) is 6.11. The molecule has 1 saturated heterocycles. The van der Waals surface area contributed by atoms with Crippen molar-refractivity contribution < 1.29 is 4.79 Å². The third kappa shape index (κ3) is 2.07. The molecule has 0 bridgehead atoms. The SMILES string of the molecule is C#CC1CC(=O)N(c2cc(I)ccc2C)C1. The molecule has 1 aromatic rings. The lowest BCUT2D eigenvalue weighted by molar-refractivity contribution is -0.117. The normalized spacial score (nSPS) is 19.9. The molecule has 3 heteroatoms. The van der Waals surface area contributed by atoms with Crippen molar-refractivity contribution in [2.24, 2.45) is 5.92 Å². The number of nitrogens with zero attached hydrogens (tertiary/aromatic N) is 1. The molecule has 1 aliphatic rings. The van der Waals surface area contributed by atoms with Gasteiger partial charge in [0.05, 0.1) is 0 Å². The van der Waals surface area contributed by atoms with Crippen molar-refractivity contribution >= 4 is 34.2 Å². The van der Waals surface area contributed by atoms with Gasteiger partial charge in [0.25, 0.3) is 0 Å². The van der Waals surface area contributed by atoms with Gasteiger partial charge in [0.2, 0.25) is 5.91 Å². The fourth-order valence-corrected chi connectivity index (χ4v) is 2.40. The van der Waals surface area contributed by atoms with E-state index in [0.29, 0.717) is 13.0 Å². The maximum Gasteiger partial charge on any atom is 0.228 e. The summed E-state index contributed by atoms with van der Waals surface area (Å²) in [6.45, 7) is 2.66. The topological polar surface area (TPSA) is 20.3 Å². The molecule has 0 N–H and O–H groups in total. The molecule has 0 spiro atoms. The Labute approximate surface area is 109 Å². The zero-order valence-corrected chi connectivity index (χ0v) is 11.2. The van der Waals surface area contributed by atoms with E-state index >= 15 is 0 Å². The van der Waals surface area contributed by atoms with E-state index in [1.165, 1.54) is 0 Å². The second-order valence-electron chi connectivity index (χ2n) is 4.00. The number of carbonyl (C=O) groups excluding carboxylic acids is 1. The van der Waals surface area contributed by atoms with Gasteiger partial charge in [-0.15, -0.1) is 12.3 Å². The number of anilines is 1. The van der Waals surface area contributed by atoms with Gasteiger partial charge < -0.3 is 4.90 Å². The van der Waals surface area contributed by atoms with Crippen molar-refractivity contribution in [1.29, 1.82) is 0 Å². The van der Waals surface area contributed by atoms with Gasteiger partial charge in [-0.3, -0.25) is 4.79 Å². The van der Waals surface area contributed by atoms with Crippen molar-refractivity contribution in [3.63, 3.8) is 0 Å². The lowest BCUT2D eigenvalue weighted by Gasteiger charge is -2.18. The second kappa shape index (κ2) is 4.46. The van der Waals surface area contributed by atoms with Crippen LogP contribution in [-0.4, -0.2) is 12.5 Å². The summed E-state index contributed by atoms with van der Waals surface area (Å²) >= 11 is 2.25. The van der Waals surface area contributed by atoms with Gasteiger partial charge in [-0.2, -0.15) is 0 Å². The van der Waals surface area contributed by atoms with Crippen LogP contribution < -0.4 is 4.90 Å². The van der Waals surface area contributed by atoms with Crippen LogP contribution in [-0.2, 0) is 4.79 Å². The van der Waals surface area contributed by atoms with Gasteiger partial charge in [0.15, 0.2) is 0 Å². The summed E-state index contributed by atoms with van der Waals surface area (Å²) in [4.78, 5) is 13.6. The highest BCUT2D eigenvalue weighted by Gasteiger charge is 2.30. The average Bonchev–Trinajstić information content (AvgIpc) is 2.63. The first-order valence-corrected chi connectivity index (χ1v) is 6.22. The Morgan fingerprint density at radius 2 is 2.31 bits per heavy atom. The van der Waals surface area contributed by atoms with E-state index in [1.54, 1.807) is 0 Å². The smallest absolute Gasteiger partial charge is 0.228 e. The Kier molecular flexibility index (Phi) is 3.20. The molecule has 1 unspecified atom stereocenters. The van der Waals surface area contributed by atoms with Crippen LogP contribution in [0.4, 0.5) is 5.69 Å². The van der Waals surface area contributed by atoms with Crippen molar-refractivity contribution in [3.05, 3.63) is 27.3 Å². The molecular formula is C13H12INO. The van der Waals surface area contributed by atoms with E-state index < -0.39 is 0 Å². The maximum absolute atomic E-state index is 11.8. The van der Waals surface area contributed by atoms with Crippen LogP contribution in [0.2, 0.25) is 0 Å². The lowest BCUT2D eigenvalue weighted by Crippen LogP contribution is -2.25. The number of hydrogen-bond acceptors (Lipinski definition) is 1. The number of benzene rings is 1. The third-order valence-electron chi connectivity index (χ3n) is 2.82. The van der Waals surface area contributed by atoms with Crippen molar-refractivity contribution in [2.75, 3.05) is 11.4 Å². The summed E-state index contributed by atoms with van der Waals surface area (Å²) < 4.78 is 1.13. The minimum absolute atomic E-state index is 0.0600. The number of terminal acetylenes is 1. The number of halogens is 1. The molecular weight excluding hydrogens is 313 g/mol. The van der Waals surface area contributed by atoms with Crippen LogP contribution >= 0.6 is 22.6 Å². The van der Waals surface area contributed by atoms with E-state index in [9.17, 15) is 4.79 Å². The standard InChI is InChI=1S/C13H12INO/c1-3-10-6-13(16)15(8-10)12-7-11(14)5-4-9(12)2/h1,4-5,7,10H,6,8H2,2H3. The third-order valence-corrected chi connectivity index (χ3v) is 3.49. The van der Waals surface area contributed by atoms with Crippen LogP contribution in [0.25, 0.3) is 0 Å². The number of carbonyl (C=O) groups is 1. The van der Waals surface area contributed by atoms with Gasteiger partial charge in [-0.1, -0.05) is 6.07 Å². The highest BCUT2D eigenvalue weighted by Crippen LogP contribution is 2.28. The number of aryl methyl sites for hydroxylation is 1. The molecule has 0 saturated carbocycles. The monoisotopic (exact) mass is 325 g/mol. The van der Waals surface area contributed by atoms with E-state index in [1.807, 2.05) is 30.0 Å². The first kappa shape index (κ1) is 11.5. The molecule has 82 valence electrons. The molecule has 1 aliphatic heterocycles. The minimum Gasteiger partial charge on any atom is -0.311 e.